The molecule has 18 heavy (non-hydrogen) atoms. The number of rotatable bonds is 1. The first-order valence-electron chi connectivity index (χ1n) is 6.06. The van der Waals surface area contributed by atoms with Gasteiger partial charge in [-0.2, -0.15) is 24.1 Å². The summed E-state index contributed by atoms with van der Waals surface area (Å²) in [6.07, 6.45) is 0. The molecule has 2 aromatic carbocycles. The SMILES string of the molecule is CC(C)(C)Sc1ccc(C#Cc2ccc[cH-]2)cc1. The fraction of sp³-hybridized carbons (Fsp3) is 0.235. The van der Waals surface area contributed by atoms with Crippen molar-refractivity contribution in [2.24, 2.45) is 0 Å². The molecule has 0 fully saturated rings. The largest absolute Gasteiger partial charge is 0.187 e. The van der Waals surface area contributed by atoms with Crippen LogP contribution in [0.15, 0.2) is 53.4 Å². The Kier molecular flexibility index (Phi) is 3.89. The number of hydrogen-bond acceptors (Lipinski definition) is 1. The van der Waals surface area contributed by atoms with Crippen LogP contribution in [0.1, 0.15) is 31.9 Å². The van der Waals surface area contributed by atoms with Crippen LogP contribution >= 0.6 is 11.8 Å². The van der Waals surface area contributed by atoms with Crippen LogP contribution in [0.2, 0.25) is 0 Å². The van der Waals surface area contributed by atoms with Crippen molar-refractivity contribution in [3.05, 3.63) is 59.7 Å². The van der Waals surface area contributed by atoms with Gasteiger partial charge in [-0.3, -0.25) is 0 Å². The molecule has 2 aromatic rings. The van der Waals surface area contributed by atoms with E-state index in [1.807, 2.05) is 36.0 Å². The molecule has 0 unspecified atom stereocenters. The Morgan fingerprint density at radius 2 is 1.72 bits per heavy atom. The zero-order valence-corrected chi connectivity index (χ0v) is 11.8. The Labute approximate surface area is 114 Å². The molecule has 0 aliphatic heterocycles. The monoisotopic (exact) mass is 253 g/mol. The molecule has 0 heterocycles. The van der Waals surface area contributed by atoms with Crippen molar-refractivity contribution >= 4 is 11.8 Å². The maximum absolute atomic E-state index is 3.18. The maximum Gasteiger partial charge on any atom is 0.0141 e. The van der Waals surface area contributed by atoms with E-state index in [0.29, 0.717) is 0 Å². The molecule has 0 amide bonds. The molecule has 0 radical (unpaired) electrons. The third-order valence-electron chi connectivity index (χ3n) is 2.29. The van der Waals surface area contributed by atoms with Crippen LogP contribution in [0, 0.1) is 11.8 Å². The predicted molar refractivity (Wildman–Crippen MR) is 80.1 cm³/mol. The predicted octanol–water partition coefficient (Wildman–Crippen LogP) is 4.70. The Morgan fingerprint density at radius 1 is 1.00 bits per heavy atom. The van der Waals surface area contributed by atoms with E-state index >= 15 is 0 Å². The molecule has 1 heteroatoms. The van der Waals surface area contributed by atoms with Gasteiger partial charge in [-0.25, -0.2) is 0 Å². The molecule has 0 aliphatic rings. The summed E-state index contributed by atoms with van der Waals surface area (Å²) in [6, 6.07) is 16.5. The minimum absolute atomic E-state index is 0.252. The summed E-state index contributed by atoms with van der Waals surface area (Å²) in [6.45, 7) is 6.67. The molecule has 0 nitrogen and oxygen atoms in total. The van der Waals surface area contributed by atoms with Crippen molar-refractivity contribution < 1.29 is 0 Å². The summed E-state index contributed by atoms with van der Waals surface area (Å²) in [7, 11) is 0. The molecule has 0 atom stereocenters. The van der Waals surface area contributed by atoms with Crippen LogP contribution in [0.3, 0.4) is 0 Å². The molecular formula is C17H17S-. The molecule has 0 spiro atoms. The van der Waals surface area contributed by atoms with Gasteiger partial charge in [0.25, 0.3) is 0 Å². The van der Waals surface area contributed by atoms with E-state index in [0.717, 1.165) is 11.1 Å². The molecule has 0 aromatic heterocycles. The summed E-state index contributed by atoms with van der Waals surface area (Å²) in [5.74, 6) is 6.33. The lowest BCUT2D eigenvalue weighted by Gasteiger charge is -2.17. The van der Waals surface area contributed by atoms with Crippen molar-refractivity contribution in [3.63, 3.8) is 0 Å². The van der Waals surface area contributed by atoms with Gasteiger partial charge in [0.15, 0.2) is 0 Å². The quantitative estimate of drug-likeness (QED) is 0.403. The third-order valence-corrected chi connectivity index (χ3v) is 3.41. The normalized spacial score (nSPS) is 10.8. The zero-order chi connectivity index (χ0) is 13.0. The first-order valence-corrected chi connectivity index (χ1v) is 6.87. The highest BCUT2D eigenvalue weighted by atomic mass is 32.2. The lowest BCUT2D eigenvalue weighted by atomic mass is 10.2. The third kappa shape index (κ3) is 4.05. The Morgan fingerprint density at radius 3 is 2.28 bits per heavy atom. The minimum atomic E-state index is 0.252. The second-order valence-electron chi connectivity index (χ2n) is 5.16. The van der Waals surface area contributed by atoms with Crippen molar-refractivity contribution in [1.29, 1.82) is 0 Å². The van der Waals surface area contributed by atoms with Crippen molar-refractivity contribution in [3.8, 4) is 11.8 Å². The summed E-state index contributed by atoms with van der Waals surface area (Å²) in [5, 5.41) is 0. The van der Waals surface area contributed by atoms with Gasteiger partial charge in [-0.1, -0.05) is 20.8 Å². The van der Waals surface area contributed by atoms with E-state index in [9.17, 15) is 0 Å². The van der Waals surface area contributed by atoms with E-state index < -0.39 is 0 Å². The van der Waals surface area contributed by atoms with E-state index in [2.05, 4.69) is 56.9 Å². The zero-order valence-electron chi connectivity index (χ0n) is 11.0. The maximum atomic E-state index is 3.18. The van der Waals surface area contributed by atoms with Crippen LogP contribution in [0.4, 0.5) is 0 Å². The van der Waals surface area contributed by atoms with Crippen LogP contribution in [0.5, 0.6) is 0 Å². The van der Waals surface area contributed by atoms with Gasteiger partial charge < -0.3 is 0 Å². The summed E-state index contributed by atoms with van der Waals surface area (Å²) < 4.78 is 0.252. The average Bonchev–Trinajstić information content (AvgIpc) is 2.79. The molecule has 0 bridgehead atoms. The summed E-state index contributed by atoms with van der Waals surface area (Å²) in [5.41, 5.74) is 2.14. The molecule has 92 valence electrons. The van der Waals surface area contributed by atoms with Crippen LogP contribution in [-0.4, -0.2) is 4.75 Å². The van der Waals surface area contributed by atoms with Gasteiger partial charge >= 0.3 is 0 Å². The Bertz CT molecular complexity index is 542. The molecule has 0 aliphatic carbocycles. The lowest BCUT2D eigenvalue weighted by Crippen LogP contribution is -2.06. The highest BCUT2D eigenvalue weighted by molar-refractivity contribution is 8.00. The second kappa shape index (κ2) is 5.42. The molecule has 2 rings (SSSR count). The second-order valence-corrected chi connectivity index (χ2v) is 7.06. The average molecular weight is 253 g/mol. The standard InChI is InChI=1S/C17H17S/c1-17(2,3)18-16-12-10-15(11-13-16)9-8-14-6-4-5-7-14/h4-7,10-13H,1-3H3/q-1. The van der Waals surface area contributed by atoms with Gasteiger partial charge in [0.2, 0.25) is 0 Å². The van der Waals surface area contributed by atoms with Crippen molar-refractivity contribution in [2.75, 3.05) is 0 Å². The highest BCUT2D eigenvalue weighted by Gasteiger charge is 2.11. The van der Waals surface area contributed by atoms with E-state index in [-0.39, 0.29) is 4.75 Å². The number of benzene rings is 1. The fourth-order valence-corrected chi connectivity index (χ4v) is 2.54. The first-order chi connectivity index (χ1) is 8.53. The van der Waals surface area contributed by atoms with Gasteiger partial charge in [0, 0.05) is 15.2 Å². The van der Waals surface area contributed by atoms with Crippen LogP contribution < -0.4 is 0 Å². The number of hydrogen-bond donors (Lipinski definition) is 0. The molecule has 0 N–H and O–H groups in total. The van der Waals surface area contributed by atoms with E-state index in [4.69, 9.17) is 0 Å². The van der Waals surface area contributed by atoms with E-state index in [1.165, 1.54) is 4.90 Å². The minimum Gasteiger partial charge on any atom is -0.187 e. The highest BCUT2D eigenvalue weighted by Crippen LogP contribution is 2.31. The van der Waals surface area contributed by atoms with Crippen molar-refractivity contribution in [2.45, 2.75) is 30.4 Å². The topological polar surface area (TPSA) is 0 Å². The fourth-order valence-electron chi connectivity index (χ4n) is 1.56. The first kappa shape index (κ1) is 12.9. The Balaban J connectivity index is 2.08. The van der Waals surface area contributed by atoms with Gasteiger partial charge in [-0.05, 0) is 24.3 Å². The van der Waals surface area contributed by atoms with Gasteiger partial charge in [-0.15, -0.1) is 29.3 Å². The molecular weight excluding hydrogens is 236 g/mol. The number of thioether (sulfide) groups is 1. The van der Waals surface area contributed by atoms with Crippen molar-refractivity contribution in [1.82, 2.24) is 0 Å². The smallest absolute Gasteiger partial charge is 0.0141 e. The van der Waals surface area contributed by atoms with Gasteiger partial charge in [0.05, 0.1) is 0 Å². The van der Waals surface area contributed by atoms with Gasteiger partial charge in [0.1, 0.15) is 0 Å². The van der Waals surface area contributed by atoms with Crippen LogP contribution in [-0.2, 0) is 0 Å². The van der Waals surface area contributed by atoms with Crippen LogP contribution in [0.25, 0.3) is 0 Å². The lowest BCUT2D eigenvalue weighted by molar-refractivity contribution is 0.803. The Hall–Kier alpha value is -1.52. The van der Waals surface area contributed by atoms with E-state index in [1.54, 1.807) is 0 Å². The molecule has 0 saturated heterocycles. The summed E-state index contributed by atoms with van der Waals surface area (Å²) >= 11 is 1.88. The summed E-state index contributed by atoms with van der Waals surface area (Å²) in [4.78, 5) is 1.29. The molecule has 0 saturated carbocycles.